The molecule has 17 heavy (non-hydrogen) atoms. The Bertz CT molecular complexity index is 476. The van der Waals surface area contributed by atoms with Crippen molar-refractivity contribution in [2.75, 3.05) is 6.61 Å². The molecular formula is C11H11NO5. The quantitative estimate of drug-likeness (QED) is 0.617. The van der Waals surface area contributed by atoms with E-state index in [1.807, 2.05) is 0 Å². The molecule has 0 unspecified atom stereocenters. The minimum Gasteiger partial charge on any atom is -0.463 e. The van der Waals surface area contributed by atoms with Gasteiger partial charge in [-0.25, -0.2) is 9.59 Å². The van der Waals surface area contributed by atoms with Crippen molar-refractivity contribution in [3.8, 4) is 0 Å². The maximum atomic E-state index is 11.6. The number of aromatic amines is 1. The minimum atomic E-state index is -0.841. The Balaban J connectivity index is 2.04. The van der Waals surface area contributed by atoms with Crippen molar-refractivity contribution in [1.82, 2.24) is 4.98 Å². The van der Waals surface area contributed by atoms with Crippen LogP contribution in [0.1, 0.15) is 34.2 Å². The molecule has 2 heterocycles. The van der Waals surface area contributed by atoms with Crippen LogP contribution in [0.3, 0.4) is 0 Å². The zero-order chi connectivity index (χ0) is 12.4. The first-order valence-electron chi connectivity index (χ1n) is 5.15. The Hall–Kier alpha value is -2.11. The highest BCUT2D eigenvalue weighted by molar-refractivity contribution is 5.97. The predicted molar refractivity (Wildman–Crippen MR) is 55.6 cm³/mol. The Morgan fingerprint density at radius 3 is 2.82 bits per heavy atom. The van der Waals surface area contributed by atoms with Gasteiger partial charge in [0.25, 0.3) is 0 Å². The lowest BCUT2D eigenvalue weighted by molar-refractivity contribution is -0.145. The van der Waals surface area contributed by atoms with Gasteiger partial charge < -0.3 is 14.5 Å². The maximum Gasteiger partial charge on any atom is 0.355 e. The second kappa shape index (κ2) is 4.40. The number of carbonyl (C=O) groups excluding carboxylic acids is 3. The second-order valence-corrected chi connectivity index (χ2v) is 3.71. The fourth-order valence-corrected chi connectivity index (χ4v) is 1.49. The highest BCUT2D eigenvalue weighted by atomic mass is 16.6. The summed E-state index contributed by atoms with van der Waals surface area (Å²) in [5.74, 6) is -1.35. The molecule has 0 aliphatic carbocycles. The molecule has 0 bridgehead atoms. The van der Waals surface area contributed by atoms with E-state index in [4.69, 9.17) is 4.74 Å². The van der Waals surface area contributed by atoms with Crippen LogP contribution in [-0.4, -0.2) is 35.4 Å². The summed E-state index contributed by atoms with van der Waals surface area (Å²) in [7, 11) is 0. The fourth-order valence-electron chi connectivity index (χ4n) is 1.49. The molecule has 0 spiro atoms. The van der Waals surface area contributed by atoms with Crippen LogP contribution in [-0.2, 0) is 14.3 Å². The van der Waals surface area contributed by atoms with E-state index in [-0.39, 0.29) is 18.1 Å². The number of H-pyrrole nitrogens is 1. The van der Waals surface area contributed by atoms with Crippen LogP contribution in [0.5, 0.6) is 0 Å². The van der Waals surface area contributed by atoms with Gasteiger partial charge in [-0.3, -0.25) is 4.79 Å². The van der Waals surface area contributed by atoms with Crippen LogP contribution < -0.4 is 0 Å². The van der Waals surface area contributed by atoms with Crippen molar-refractivity contribution in [2.45, 2.75) is 19.4 Å². The van der Waals surface area contributed by atoms with Crippen molar-refractivity contribution in [1.29, 1.82) is 0 Å². The first-order chi connectivity index (χ1) is 8.08. The van der Waals surface area contributed by atoms with Gasteiger partial charge in [0.05, 0.1) is 6.61 Å². The average molecular weight is 237 g/mol. The van der Waals surface area contributed by atoms with E-state index in [2.05, 4.69) is 9.72 Å². The van der Waals surface area contributed by atoms with E-state index >= 15 is 0 Å². The molecule has 6 nitrogen and oxygen atoms in total. The molecule has 6 heteroatoms. The van der Waals surface area contributed by atoms with Crippen molar-refractivity contribution < 1.29 is 23.9 Å². The Kier molecular flexibility index (Phi) is 2.95. The van der Waals surface area contributed by atoms with Gasteiger partial charge in [-0.15, -0.1) is 0 Å². The predicted octanol–water partition coefficient (Wildman–Crippen LogP) is 0.690. The summed E-state index contributed by atoms with van der Waals surface area (Å²) in [4.78, 5) is 36.4. The first kappa shape index (κ1) is 11.4. The minimum absolute atomic E-state index is 0.148. The van der Waals surface area contributed by atoms with E-state index in [0.717, 1.165) is 0 Å². The van der Waals surface area contributed by atoms with Crippen molar-refractivity contribution in [3.63, 3.8) is 0 Å². The van der Waals surface area contributed by atoms with E-state index in [0.29, 0.717) is 12.0 Å². The van der Waals surface area contributed by atoms with E-state index in [1.165, 1.54) is 19.2 Å². The van der Waals surface area contributed by atoms with Crippen LogP contribution in [0.25, 0.3) is 0 Å². The topological polar surface area (TPSA) is 85.5 Å². The molecule has 0 amide bonds. The van der Waals surface area contributed by atoms with Gasteiger partial charge in [0.2, 0.25) is 6.10 Å². The second-order valence-electron chi connectivity index (χ2n) is 3.71. The number of hydrogen-bond acceptors (Lipinski definition) is 5. The molecule has 1 aromatic heterocycles. The summed E-state index contributed by atoms with van der Waals surface area (Å²) >= 11 is 0. The number of aromatic nitrogens is 1. The number of Topliss-reactive ketones (excluding diaryl/α,β-unsaturated/α-hetero) is 1. The summed E-state index contributed by atoms with van der Waals surface area (Å²) in [6.45, 7) is 1.66. The number of ether oxygens (including phenoxy) is 2. The van der Waals surface area contributed by atoms with Gasteiger partial charge in [0.1, 0.15) is 5.69 Å². The summed E-state index contributed by atoms with van der Waals surface area (Å²) in [6.07, 6.45) is 0.947. The highest BCUT2D eigenvalue weighted by Gasteiger charge is 2.30. The molecule has 90 valence electrons. The lowest BCUT2D eigenvalue weighted by atomic mass is 10.2. The molecule has 1 fully saturated rings. The van der Waals surface area contributed by atoms with Crippen LogP contribution in [0.4, 0.5) is 0 Å². The molecule has 1 aliphatic rings. The van der Waals surface area contributed by atoms with Gasteiger partial charge >= 0.3 is 11.9 Å². The third-order valence-electron chi connectivity index (χ3n) is 2.45. The lowest BCUT2D eigenvalue weighted by Gasteiger charge is -2.06. The molecule has 1 aliphatic heterocycles. The standard InChI is InChI=1S/C11H11NO5/c1-6(13)7-4-8(12-5-7)10(14)17-9-2-3-16-11(9)15/h4-5,9,12H,2-3H2,1H3/t9-/m0/s1. The first-order valence-corrected chi connectivity index (χ1v) is 5.15. The summed E-state index contributed by atoms with van der Waals surface area (Å²) < 4.78 is 9.61. The number of rotatable bonds is 3. The normalized spacial score (nSPS) is 18.9. The van der Waals surface area contributed by atoms with Gasteiger partial charge in [-0.05, 0) is 13.0 Å². The molecule has 1 aromatic rings. The number of esters is 2. The number of cyclic esters (lactones) is 1. The molecule has 1 atom stereocenters. The van der Waals surface area contributed by atoms with Crippen molar-refractivity contribution in [2.24, 2.45) is 0 Å². The van der Waals surface area contributed by atoms with E-state index in [9.17, 15) is 14.4 Å². The van der Waals surface area contributed by atoms with Crippen molar-refractivity contribution in [3.05, 3.63) is 23.5 Å². The highest BCUT2D eigenvalue weighted by Crippen LogP contribution is 2.13. The number of nitrogens with one attached hydrogen (secondary N) is 1. The van der Waals surface area contributed by atoms with Gasteiger partial charge in [0, 0.05) is 18.2 Å². The zero-order valence-corrected chi connectivity index (χ0v) is 9.19. The van der Waals surface area contributed by atoms with Crippen LogP contribution in [0, 0.1) is 0 Å². The van der Waals surface area contributed by atoms with Crippen LogP contribution >= 0.6 is 0 Å². The van der Waals surface area contributed by atoms with E-state index in [1.54, 1.807) is 0 Å². The van der Waals surface area contributed by atoms with Gasteiger partial charge in [0.15, 0.2) is 5.78 Å². The largest absolute Gasteiger partial charge is 0.463 e. The summed E-state index contributed by atoms with van der Waals surface area (Å²) in [5.41, 5.74) is 0.542. The Morgan fingerprint density at radius 2 is 2.29 bits per heavy atom. The Morgan fingerprint density at radius 1 is 1.53 bits per heavy atom. The molecular weight excluding hydrogens is 226 g/mol. The molecule has 1 N–H and O–H groups in total. The van der Waals surface area contributed by atoms with Crippen LogP contribution in [0.15, 0.2) is 12.3 Å². The van der Waals surface area contributed by atoms with E-state index < -0.39 is 18.0 Å². The van der Waals surface area contributed by atoms with Gasteiger partial charge in [-0.1, -0.05) is 0 Å². The van der Waals surface area contributed by atoms with Gasteiger partial charge in [-0.2, -0.15) is 0 Å². The van der Waals surface area contributed by atoms with Crippen molar-refractivity contribution >= 4 is 17.7 Å². The SMILES string of the molecule is CC(=O)c1c[nH]c(C(=O)O[C@H]2CCOC2=O)c1. The monoisotopic (exact) mass is 237 g/mol. The fraction of sp³-hybridized carbons (Fsp3) is 0.364. The van der Waals surface area contributed by atoms with Crippen LogP contribution in [0.2, 0.25) is 0 Å². The number of carbonyl (C=O) groups is 3. The average Bonchev–Trinajstić information content (AvgIpc) is 2.88. The smallest absolute Gasteiger partial charge is 0.355 e. The summed E-state index contributed by atoms with van der Waals surface area (Å²) in [6, 6.07) is 1.39. The third kappa shape index (κ3) is 2.35. The molecule has 0 aromatic carbocycles. The molecule has 0 radical (unpaired) electrons. The maximum absolute atomic E-state index is 11.6. The lowest BCUT2D eigenvalue weighted by Crippen LogP contribution is -2.22. The third-order valence-corrected chi connectivity index (χ3v) is 2.45. The number of ketones is 1. The Labute approximate surface area is 96.9 Å². The zero-order valence-electron chi connectivity index (χ0n) is 9.19. The molecule has 2 rings (SSSR count). The summed E-state index contributed by atoms with van der Waals surface area (Å²) in [5, 5.41) is 0. The molecule has 0 saturated carbocycles. The number of hydrogen-bond donors (Lipinski definition) is 1. The molecule has 1 saturated heterocycles.